The summed E-state index contributed by atoms with van der Waals surface area (Å²) in [6.07, 6.45) is 1.02. The third-order valence-corrected chi connectivity index (χ3v) is 2.79. The molecule has 0 rings (SSSR count). The number of hydrogen-bond acceptors (Lipinski definition) is 4. The third-order valence-electron chi connectivity index (χ3n) is 1.87. The molecule has 1 atom stereocenters. The van der Waals surface area contributed by atoms with E-state index in [4.69, 9.17) is 5.11 Å². The third kappa shape index (κ3) is 7.85. The van der Waals surface area contributed by atoms with Crippen molar-refractivity contribution < 1.29 is 23.1 Å². The standard InChI is InChI=1S/C9H19N3O5S/c1-6(7(13)14)11-8(15)10-5-9(2,3)12-18(4,16)17/h6,12H,5H2,1-4H3,(H,13,14)(H2,10,11,15)/t6-/m0/s1. The number of carboxylic acid groups (broad SMARTS) is 1. The van der Waals surface area contributed by atoms with Crippen LogP contribution in [0.3, 0.4) is 0 Å². The van der Waals surface area contributed by atoms with Gasteiger partial charge >= 0.3 is 12.0 Å². The minimum atomic E-state index is -3.38. The van der Waals surface area contributed by atoms with Gasteiger partial charge in [-0.25, -0.2) is 17.9 Å². The van der Waals surface area contributed by atoms with E-state index in [0.717, 1.165) is 6.26 Å². The first-order chi connectivity index (χ1) is 7.93. The van der Waals surface area contributed by atoms with Gasteiger partial charge in [0.25, 0.3) is 0 Å². The maximum absolute atomic E-state index is 11.3. The van der Waals surface area contributed by atoms with Gasteiger partial charge in [-0.1, -0.05) is 0 Å². The molecule has 0 heterocycles. The Hall–Kier alpha value is -1.35. The molecular formula is C9H19N3O5S. The summed E-state index contributed by atoms with van der Waals surface area (Å²) in [4.78, 5) is 21.8. The van der Waals surface area contributed by atoms with Crippen molar-refractivity contribution >= 4 is 22.0 Å². The quantitative estimate of drug-likeness (QED) is 0.501. The molecule has 0 spiro atoms. The van der Waals surface area contributed by atoms with Crippen molar-refractivity contribution in [2.75, 3.05) is 12.8 Å². The van der Waals surface area contributed by atoms with Crippen LogP contribution in [0.1, 0.15) is 20.8 Å². The van der Waals surface area contributed by atoms with Crippen molar-refractivity contribution in [3.8, 4) is 0 Å². The lowest BCUT2D eigenvalue weighted by molar-refractivity contribution is -0.138. The summed E-state index contributed by atoms with van der Waals surface area (Å²) < 4.78 is 24.4. The number of nitrogens with one attached hydrogen (secondary N) is 3. The summed E-state index contributed by atoms with van der Waals surface area (Å²) >= 11 is 0. The Labute approximate surface area is 106 Å². The van der Waals surface area contributed by atoms with Gasteiger partial charge in [-0.15, -0.1) is 0 Å². The summed E-state index contributed by atoms with van der Waals surface area (Å²) in [5, 5.41) is 13.2. The van der Waals surface area contributed by atoms with Crippen molar-refractivity contribution in [2.45, 2.75) is 32.4 Å². The lowest BCUT2D eigenvalue weighted by Gasteiger charge is -2.25. The van der Waals surface area contributed by atoms with Gasteiger partial charge in [0.2, 0.25) is 10.0 Å². The fourth-order valence-electron chi connectivity index (χ4n) is 1.15. The molecule has 8 nitrogen and oxygen atoms in total. The van der Waals surface area contributed by atoms with Gasteiger partial charge in [0.15, 0.2) is 0 Å². The van der Waals surface area contributed by atoms with E-state index in [1.807, 2.05) is 0 Å². The molecule has 0 aromatic carbocycles. The first kappa shape index (κ1) is 16.6. The van der Waals surface area contributed by atoms with Gasteiger partial charge in [0, 0.05) is 12.1 Å². The van der Waals surface area contributed by atoms with Gasteiger partial charge in [-0.3, -0.25) is 4.79 Å². The number of hydrogen-bond donors (Lipinski definition) is 4. The second kappa shape index (κ2) is 6.01. The molecule has 0 aromatic rings. The fraction of sp³-hybridized carbons (Fsp3) is 0.778. The van der Waals surface area contributed by atoms with Crippen molar-refractivity contribution in [2.24, 2.45) is 0 Å². The molecule has 18 heavy (non-hydrogen) atoms. The van der Waals surface area contributed by atoms with Gasteiger partial charge in [-0.05, 0) is 20.8 Å². The van der Waals surface area contributed by atoms with Crippen molar-refractivity contribution in [3.63, 3.8) is 0 Å². The number of urea groups is 1. The second-order valence-corrected chi connectivity index (χ2v) is 6.39. The average molecular weight is 281 g/mol. The number of aliphatic carboxylic acids is 1. The molecule has 106 valence electrons. The molecule has 2 amide bonds. The van der Waals surface area contributed by atoms with Crippen LogP contribution in [0.4, 0.5) is 4.79 Å². The fourth-order valence-corrected chi connectivity index (χ4v) is 2.22. The highest BCUT2D eigenvalue weighted by Crippen LogP contribution is 2.01. The first-order valence-electron chi connectivity index (χ1n) is 5.19. The molecule has 0 unspecified atom stereocenters. The Morgan fingerprint density at radius 1 is 1.33 bits per heavy atom. The number of rotatable bonds is 6. The van der Waals surface area contributed by atoms with E-state index in [0.29, 0.717) is 0 Å². The van der Waals surface area contributed by atoms with Crippen LogP contribution in [0.5, 0.6) is 0 Å². The zero-order chi connectivity index (χ0) is 14.6. The van der Waals surface area contributed by atoms with Crippen LogP contribution < -0.4 is 15.4 Å². The second-order valence-electron chi connectivity index (χ2n) is 4.65. The Morgan fingerprint density at radius 3 is 2.22 bits per heavy atom. The molecule has 4 N–H and O–H groups in total. The van der Waals surface area contributed by atoms with Crippen LogP contribution in [0, 0.1) is 0 Å². The maximum Gasteiger partial charge on any atom is 0.325 e. The number of carbonyl (C=O) groups is 2. The Kier molecular flexibility index (Phi) is 5.55. The van der Waals surface area contributed by atoms with Gasteiger partial charge < -0.3 is 15.7 Å². The Bertz CT molecular complexity index is 418. The van der Waals surface area contributed by atoms with Crippen LogP contribution in [-0.2, 0) is 14.8 Å². The van der Waals surface area contributed by atoms with Crippen LogP contribution in [-0.4, -0.2) is 49.9 Å². The van der Waals surface area contributed by atoms with Gasteiger partial charge in [0.05, 0.1) is 6.26 Å². The summed E-state index contributed by atoms with van der Waals surface area (Å²) in [5.74, 6) is -1.15. The van der Waals surface area contributed by atoms with E-state index in [1.165, 1.54) is 6.92 Å². The van der Waals surface area contributed by atoms with Crippen molar-refractivity contribution in [1.82, 2.24) is 15.4 Å². The van der Waals surface area contributed by atoms with E-state index >= 15 is 0 Å². The lowest BCUT2D eigenvalue weighted by Crippen LogP contribution is -2.54. The SMILES string of the molecule is C[C@H](NC(=O)NCC(C)(C)NS(C)(=O)=O)C(=O)O. The highest BCUT2D eigenvalue weighted by atomic mass is 32.2. The van der Waals surface area contributed by atoms with Crippen LogP contribution in [0.25, 0.3) is 0 Å². The van der Waals surface area contributed by atoms with Gasteiger partial charge in [0.1, 0.15) is 6.04 Å². The minimum absolute atomic E-state index is 0.0260. The van der Waals surface area contributed by atoms with Crippen molar-refractivity contribution in [1.29, 1.82) is 0 Å². The zero-order valence-corrected chi connectivity index (χ0v) is 11.6. The van der Waals surface area contributed by atoms with Crippen LogP contribution in [0.15, 0.2) is 0 Å². The smallest absolute Gasteiger partial charge is 0.325 e. The summed E-state index contributed by atoms with van der Waals surface area (Å²) in [5.41, 5.74) is -0.864. The predicted molar refractivity (Wildman–Crippen MR) is 65.7 cm³/mol. The number of carboxylic acids is 1. The largest absolute Gasteiger partial charge is 0.480 e. The molecule has 0 bridgehead atoms. The van der Waals surface area contributed by atoms with Gasteiger partial charge in [-0.2, -0.15) is 0 Å². The van der Waals surface area contributed by atoms with E-state index in [2.05, 4.69) is 15.4 Å². The molecule has 9 heteroatoms. The normalized spacial score (nSPS) is 13.8. The lowest BCUT2D eigenvalue weighted by atomic mass is 10.1. The predicted octanol–water partition coefficient (Wildman–Crippen LogP) is -0.913. The van der Waals surface area contributed by atoms with E-state index < -0.39 is 33.6 Å². The van der Waals surface area contributed by atoms with E-state index in [-0.39, 0.29) is 6.54 Å². The zero-order valence-electron chi connectivity index (χ0n) is 10.8. The van der Waals surface area contributed by atoms with Crippen LogP contribution in [0.2, 0.25) is 0 Å². The number of sulfonamides is 1. The number of carbonyl (C=O) groups excluding carboxylic acids is 1. The summed E-state index contributed by atoms with van der Waals surface area (Å²) in [6, 6.07) is -1.69. The van der Waals surface area contributed by atoms with Crippen molar-refractivity contribution in [3.05, 3.63) is 0 Å². The molecule has 0 aliphatic carbocycles. The minimum Gasteiger partial charge on any atom is -0.480 e. The highest BCUT2D eigenvalue weighted by molar-refractivity contribution is 7.88. The average Bonchev–Trinajstić information content (AvgIpc) is 2.11. The molecule has 0 saturated heterocycles. The molecule has 0 aromatic heterocycles. The van der Waals surface area contributed by atoms with E-state index in [1.54, 1.807) is 13.8 Å². The maximum atomic E-state index is 11.3. The molecule has 0 saturated carbocycles. The molecule has 0 fully saturated rings. The molecular weight excluding hydrogens is 262 g/mol. The summed E-state index contributed by atoms with van der Waals surface area (Å²) in [6.45, 7) is 4.53. The monoisotopic (exact) mass is 281 g/mol. The molecule has 0 radical (unpaired) electrons. The number of amides is 2. The molecule has 0 aliphatic rings. The molecule has 0 aliphatic heterocycles. The Balaban J connectivity index is 4.24. The summed E-state index contributed by atoms with van der Waals surface area (Å²) in [7, 11) is -3.38. The highest BCUT2D eigenvalue weighted by Gasteiger charge is 2.23. The Morgan fingerprint density at radius 2 is 1.83 bits per heavy atom. The van der Waals surface area contributed by atoms with E-state index in [9.17, 15) is 18.0 Å². The van der Waals surface area contributed by atoms with Crippen LogP contribution >= 0.6 is 0 Å². The topological polar surface area (TPSA) is 125 Å². The first-order valence-corrected chi connectivity index (χ1v) is 7.08.